The van der Waals surface area contributed by atoms with Gasteiger partial charge in [-0.1, -0.05) is 30.3 Å². The van der Waals surface area contributed by atoms with Gasteiger partial charge in [0.1, 0.15) is 0 Å². The summed E-state index contributed by atoms with van der Waals surface area (Å²) in [6.07, 6.45) is 3.34. The zero-order valence-electron chi connectivity index (χ0n) is 14.0. The van der Waals surface area contributed by atoms with Gasteiger partial charge in [0.05, 0.1) is 11.6 Å². The summed E-state index contributed by atoms with van der Waals surface area (Å²) < 4.78 is 0. The number of rotatable bonds is 8. The lowest BCUT2D eigenvalue weighted by molar-refractivity contribution is 0.692. The average Bonchev–Trinajstić information content (AvgIpc) is 2.98. The number of aromatic nitrogens is 1. The van der Waals surface area contributed by atoms with Crippen LogP contribution in [0.25, 0.3) is 0 Å². The molecule has 2 rings (SSSR count). The van der Waals surface area contributed by atoms with Crippen LogP contribution in [0.3, 0.4) is 0 Å². The van der Waals surface area contributed by atoms with Crippen LogP contribution in [-0.2, 0) is 13.0 Å². The summed E-state index contributed by atoms with van der Waals surface area (Å²) in [6.45, 7) is 6.65. The molecule has 0 aliphatic heterocycles. The molecule has 0 aliphatic carbocycles. The van der Waals surface area contributed by atoms with Crippen molar-refractivity contribution >= 4 is 17.3 Å². The second-order valence-electron chi connectivity index (χ2n) is 5.45. The van der Waals surface area contributed by atoms with E-state index in [1.54, 1.807) is 11.3 Å². The summed E-state index contributed by atoms with van der Waals surface area (Å²) in [5.41, 5.74) is 2.36. The highest BCUT2D eigenvalue weighted by atomic mass is 32.1. The van der Waals surface area contributed by atoms with E-state index >= 15 is 0 Å². The van der Waals surface area contributed by atoms with E-state index in [1.807, 2.05) is 25.1 Å². The molecule has 0 saturated carbocycles. The molecule has 0 unspecified atom stereocenters. The second kappa shape index (κ2) is 10.0. The van der Waals surface area contributed by atoms with Crippen LogP contribution in [0.1, 0.15) is 36.0 Å². The van der Waals surface area contributed by atoms with E-state index in [0.29, 0.717) is 6.54 Å². The molecule has 1 aromatic carbocycles. The van der Waals surface area contributed by atoms with Gasteiger partial charge in [0, 0.05) is 24.2 Å². The van der Waals surface area contributed by atoms with Crippen molar-refractivity contribution < 1.29 is 0 Å². The van der Waals surface area contributed by atoms with Crippen molar-refractivity contribution in [3.63, 3.8) is 0 Å². The second-order valence-corrected chi connectivity index (χ2v) is 6.39. The standard InChI is InChI=1S/C18H26N4S/c1-3-19-18(21-13-16-9-5-4-6-10-16)20-12-8-7-11-17-22-15(2)14-23-17/h4-6,9-10,14H,3,7-8,11-13H2,1-2H3,(H2,19,20,21). The smallest absolute Gasteiger partial charge is 0.191 e. The monoisotopic (exact) mass is 330 g/mol. The first-order chi connectivity index (χ1) is 11.3. The number of guanidine groups is 1. The minimum atomic E-state index is 0.703. The molecule has 0 bridgehead atoms. The first-order valence-corrected chi connectivity index (χ1v) is 9.13. The summed E-state index contributed by atoms with van der Waals surface area (Å²) >= 11 is 1.76. The van der Waals surface area contributed by atoms with Gasteiger partial charge in [0.2, 0.25) is 0 Å². The molecule has 0 fully saturated rings. The Hall–Kier alpha value is -1.88. The maximum atomic E-state index is 4.63. The first-order valence-electron chi connectivity index (χ1n) is 8.25. The third kappa shape index (κ3) is 6.82. The van der Waals surface area contributed by atoms with Crippen molar-refractivity contribution in [2.24, 2.45) is 4.99 Å². The summed E-state index contributed by atoms with van der Waals surface area (Å²) in [5, 5.41) is 10.1. The fourth-order valence-corrected chi connectivity index (χ4v) is 3.04. The topological polar surface area (TPSA) is 49.3 Å². The number of unbranched alkanes of at least 4 members (excludes halogenated alkanes) is 1. The molecule has 1 heterocycles. The van der Waals surface area contributed by atoms with Crippen LogP contribution in [0.15, 0.2) is 40.7 Å². The number of benzene rings is 1. The Morgan fingerprint density at radius 3 is 2.70 bits per heavy atom. The van der Waals surface area contributed by atoms with Crippen LogP contribution >= 0.6 is 11.3 Å². The maximum absolute atomic E-state index is 4.63. The van der Waals surface area contributed by atoms with E-state index in [0.717, 1.165) is 44.0 Å². The molecule has 0 aliphatic rings. The quantitative estimate of drug-likeness (QED) is 0.442. The number of hydrogen-bond acceptors (Lipinski definition) is 3. The lowest BCUT2D eigenvalue weighted by Gasteiger charge is -2.11. The molecule has 2 N–H and O–H groups in total. The molecule has 23 heavy (non-hydrogen) atoms. The van der Waals surface area contributed by atoms with Gasteiger partial charge in [-0.05, 0) is 38.7 Å². The number of hydrogen-bond donors (Lipinski definition) is 2. The Balaban J connectivity index is 1.69. The summed E-state index contributed by atoms with van der Waals surface area (Å²) in [6, 6.07) is 10.3. The van der Waals surface area contributed by atoms with Crippen molar-refractivity contribution in [1.82, 2.24) is 15.6 Å². The van der Waals surface area contributed by atoms with E-state index < -0.39 is 0 Å². The van der Waals surface area contributed by atoms with Crippen LogP contribution in [0.4, 0.5) is 0 Å². The molecule has 124 valence electrons. The highest BCUT2D eigenvalue weighted by Crippen LogP contribution is 2.11. The molecule has 0 atom stereocenters. The number of thiazole rings is 1. The SMILES string of the molecule is CCNC(=NCc1ccccc1)NCCCCc1nc(C)cs1. The minimum Gasteiger partial charge on any atom is -0.357 e. The van der Waals surface area contributed by atoms with Crippen molar-refractivity contribution in [1.29, 1.82) is 0 Å². The Kier molecular flexibility index (Phi) is 7.60. The summed E-state index contributed by atoms with van der Waals surface area (Å²) in [4.78, 5) is 9.12. The molecule has 1 aromatic heterocycles. The average molecular weight is 331 g/mol. The van der Waals surface area contributed by atoms with Gasteiger partial charge in [-0.3, -0.25) is 0 Å². The van der Waals surface area contributed by atoms with Crippen molar-refractivity contribution in [3.05, 3.63) is 52.0 Å². The lowest BCUT2D eigenvalue weighted by Crippen LogP contribution is -2.37. The predicted molar refractivity (Wildman–Crippen MR) is 99.0 cm³/mol. The van der Waals surface area contributed by atoms with E-state index in [4.69, 9.17) is 0 Å². The molecular formula is C18H26N4S. The van der Waals surface area contributed by atoms with Gasteiger partial charge < -0.3 is 10.6 Å². The Labute approximate surface area is 143 Å². The van der Waals surface area contributed by atoms with Crippen LogP contribution in [0.2, 0.25) is 0 Å². The molecule has 2 aromatic rings. The van der Waals surface area contributed by atoms with Gasteiger partial charge in [0.25, 0.3) is 0 Å². The molecule has 0 amide bonds. The number of nitrogens with zero attached hydrogens (tertiary/aromatic N) is 2. The Morgan fingerprint density at radius 1 is 1.17 bits per heavy atom. The minimum absolute atomic E-state index is 0.703. The number of aryl methyl sites for hydroxylation is 2. The van der Waals surface area contributed by atoms with Crippen LogP contribution in [0.5, 0.6) is 0 Å². The predicted octanol–water partition coefficient (Wildman–Crippen LogP) is 3.53. The highest BCUT2D eigenvalue weighted by Gasteiger charge is 2.00. The molecule has 4 nitrogen and oxygen atoms in total. The Morgan fingerprint density at radius 2 is 2.00 bits per heavy atom. The highest BCUT2D eigenvalue weighted by molar-refractivity contribution is 7.09. The Bertz CT molecular complexity index is 592. The van der Waals surface area contributed by atoms with E-state index in [2.05, 4.69) is 45.0 Å². The summed E-state index contributed by atoms with van der Waals surface area (Å²) in [5.74, 6) is 0.890. The number of nitrogens with one attached hydrogen (secondary N) is 2. The fraction of sp³-hybridized carbons (Fsp3) is 0.444. The third-order valence-corrected chi connectivity index (χ3v) is 4.41. The zero-order chi connectivity index (χ0) is 16.3. The van der Waals surface area contributed by atoms with E-state index in [1.165, 1.54) is 10.6 Å². The van der Waals surface area contributed by atoms with Crippen LogP contribution < -0.4 is 10.6 Å². The normalized spacial score (nSPS) is 11.5. The summed E-state index contributed by atoms with van der Waals surface area (Å²) in [7, 11) is 0. The molecule has 5 heteroatoms. The van der Waals surface area contributed by atoms with Gasteiger partial charge in [0.15, 0.2) is 5.96 Å². The molecular weight excluding hydrogens is 304 g/mol. The van der Waals surface area contributed by atoms with Gasteiger partial charge in [-0.15, -0.1) is 11.3 Å². The molecule has 0 saturated heterocycles. The van der Waals surface area contributed by atoms with E-state index in [-0.39, 0.29) is 0 Å². The van der Waals surface area contributed by atoms with Crippen LogP contribution in [0, 0.1) is 6.92 Å². The van der Waals surface area contributed by atoms with Gasteiger partial charge >= 0.3 is 0 Å². The lowest BCUT2D eigenvalue weighted by atomic mass is 10.2. The fourth-order valence-electron chi connectivity index (χ4n) is 2.22. The first kappa shape index (κ1) is 17.5. The van der Waals surface area contributed by atoms with Gasteiger partial charge in [-0.2, -0.15) is 0 Å². The van der Waals surface area contributed by atoms with Gasteiger partial charge in [-0.25, -0.2) is 9.98 Å². The van der Waals surface area contributed by atoms with E-state index in [9.17, 15) is 0 Å². The van der Waals surface area contributed by atoms with Crippen molar-refractivity contribution in [2.75, 3.05) is 13.1 Å². The zero-order valence-corrected chi connectivity index (χ0v) is 14.8. The third-order valence-electron chi connectivity index (χ3n) is 3.38. The molecule has 0 spiro atoms. The largest absolute Gasteiger partial charge is 0.357 e. The number of aliphatic imine (C=N–C) groups is 1. The van der Waals surface area contributed by atoms with Crippen molar-refractivity contribution in [2.45, 2.75) is 39.7 Å². The molecule has 0 radical (unpaired) electrons. The van der Waals surface area contributed by atoms with Crippen molar-refractivity contribution in [3.8, 4) is 0 Å². The van der Waals surface area contributed by atoms with Crippen LogP contribution in [-0.4, -0.2) is 24.0 Å². The maximum Gasteiger partial charge on any atom is 0.191 e.